The van der Waals surface area contributed by atoms with E-state index >= 15 is 0 Å². The number of nitrogens with one attached hydrogen (secondary N) is 1. The van der Waals surface area contributed by atoms with Crippen molar-refractivity contribution in [2.24, 2.45) is 5.73 Å². The number of hydrogen-bond acceptors (Lipinski definition) is 4. The molecule has 1 aromatic heterocycles. The Morgan fingerprint density at radius 3 is 2.61 bits per heavy atom. The molecule has 0 bridgehead atoms. The summed E-state index contributed by atoms with van der Waals surface area (Å²) in [6.45, 7) is 3.78. The topological polar surface area (TPSA) is 99.2 Å². The number of rotatable bonds is 7. The van der Waals surface area contributed by atoms with Crippen LogP contribution in [0.25, 0.3) is 5.69 Å². The molecular weight excluding hydrogens is 356 g/mol. The summed E-state index contributed by atoms with van der Waals surface area (Å²) in [6, 6.07) is 14.8. The van der Waals surface area contributed by atoms with Gasteiger partial charge in [0.25, 0.3) is 11.8 Å². The van der Waals surface area contributed by atoms with Gasteiger partial charge in [0.2, 0.25) is 0 Å². The summed E-state index contributed by atoms with van der Waals surface area (Å²) in [4.78, 5) is 23.6. The van der Waals surface area contributed by atoms with Gasteiger partial charge in [-0.2, -0.15) is 5.10 Å². The maximum absolute atomic E-state index is 12.8. The number of ether oxygens (including phenoxy) is 1. The van der Waals surface area contributed by atoms with Crippen molar-refractivity contribution in [2.45, 2.75) is 20.3 Å². The Morgan fingerprint density at radius 1 is 1.18 bits per heavy atom. The van der Waals surface area contributed by atoms with Gasteiger partial charge in [-0.25, -0.2) is 4.68 Å². The minimum atomic E-state index is -0.564. The van der Waals surface area contributed by atoms with Crippen LogP contribution in [0, 0.1) is 6.92 Å². The molecule has 1 heterocycles. The van der Waals surface area contributed by atoms with Crippen molar-refractivity contribution >= 4 is 17.5 Å². The van der Waals surface area contributed by atoms with E-state index in [4.69, 9.17) is 10.5 Å². The molecule has 0 aliphatic rings. The van der Waals surface area contributed by atoms with E-state index in [1.807, 2.05) is 38.1 Å². The van der Waals surface area contributed by atoms with Crippen molar-refractivity contribution in [3.63, 3.8) is 0 Å². The Balaban J connectivity index is 1.80. The van der Waals surface area contributed by atoms with Crippen molar-refractivity contribution in [1.29, 1.82) is 0 Å². The lowest BCUT2D eigenvalue weighted by atomic mass is 10.1. The van der Waals surface area contributed by atoms with Gasteiger partial charge in [-0.15, -0.1) is 0 Å². The van der Waals surface area contributed by atoms with E-state index in [9.17, 15) is 9.59 Å². The first-order valence-electron chi connectivity index (χ1n) is 8.94. The van der Waals surface area contributed by atoms with Crippen LogP contribution < -0.4 is 15.8 Å². The van der Waals surface area contributed by atoms with E-state index in [0.29, 0.717) is 23.4 Å². The molecule has 0 fully saturated rings. The fourth-order valence-electron chi connectivity index (χ4n) is 2.83. The number of carbonyl (C=O) groups is 2. The predicted molar refractivity (Wildman–Crippen MR) is 107 cm³/mol. The van der Waals surface area contributed by atoms with Crippen LogP contribution in [0.5, 0.6) is 5.75 Å². The first-order chi connectivity index (χ1) is 13.5. The number of benzene rings is 2. The number of anilines is 1. The van der Waals surface area contributed by atoms with Crippen molar-refractivity contribution in [3.8, 4) is 11.4 Å². The summed E-state index contributed by atoms with van der Waals surface area (Å²) in [5.41, 5.74) is 9.03. The van der Waals surface area contributed by atoms with Crippen LogP contribution in [0.2, 0.25) is 0 Å². The third-order valence-corrected chi connectivity index (χ3v) is 4.20. The van der Waals surface area contributed by atoms with Gasteiger partial charge in [-0.3, -0.25) is 9.59 Å². The average Bonchev–Trinajstić information content (AvgIpc) is 3.11. The van der Waals surface area contributed by atoms with E-state index in [-0.39, 0.29) is 12.5 Å². The first-order valence-corrected chi connectivity index (χ1v) is 8.94. The van der Waals surface area contributed by atoms with Crippen LogP contribution >= 0.6 is 0 Å². The molecule has 0 saturated carbocycles. The molecule has 0 saturated heterocycles. The normalized spacial score (nSPS) is 10.5. The van der Waals surface area contributed by atoms with Crippen molar-refractivity contribution in [2.75, 3.05) is 11.9 Å². The van der Waals surface area contributed by atoms with Crippen LogP contribution in [0.3, 0.4) is 0 Å². The summed E-state index contributed by atoms with van der Waals surface area (Å²) < 4.78 is 7.05. The summed E-state index contributed by atoms with van der Waals surface area (Å²) in [6.07, 6.45) is 2.22. The molecule has 0 atom stereocenters. The first kappa shape index (κ1) is 19.2. The number of aryl methyl sites for hydroxylation is 1. The zero-order valence-electron chi connectivity index (χ0n) is 15.8. The highest BCUT2D eigenvalue weighted by atomic mass is 16.5. The summed E-state index contributed by atoms with van der Waals surface area (Å²) in [5.74, 6) is -0.379. The molecule has 7 heteroatoms. The number of carbonyl (C=O) groups excluding carboxylic acids is 2. The van der Waals surface area contributed by atoms with E-state index in [1.54, 1.807) is 35.1 Å². The molecule has 0 unspecified atom stereocenters. The molecule has 3 aromatic rings. The number of nitrogens with two attached hydrogens (primary N) is 1. The van der Waals surface area contributed by atoms with Gasteiger partial charge < -0.3 is 15.8 Å². The molecule has 2 aromatic carbocycles. The Kier molecular flexibility index (Phi) is 5.74. The average molecular weight is 378 g/mol. The molecule has 0 radical (unpaired) electrons. The highest BCUT2D eigenvalue weighted by Crippen LogP contribution is 2.21. The number of aromatic nitrogens is 2. The van der Waals surface area contributed by atoms with Gasteiger partial charge in [-0.05, 0) is 37.6 Å². The van der Waals surface area contributed by atoms with Crippen LogP contribution in [0.4, 0.5) is 5.69 Å². The molecule has 2 amide bonds. The van der Waals surface area contributed by atoms with Gasteiger partial charge in [0.15, 0.2) is 6.61 Å². The maximum Gasteiger partial charge on any atom is 0.259 e. The number of primary amides is 1. The van der Waals surface area contributed by atoms with Gasteiger partial charge in [0.05, 0.1) is 23.1 Å². The number of amides is 2. The Labute approximate surface area is 163 Å². The highest BCUT2D eigenvalue weighted by molar-refractivity contribution is 6.05. The highest BCUT2D eigenvalue weighted by Gasteiger charge is 2.17. The lowest BCUT2D eigenvalue weighted by Gasteiger charge is -2.10. The van der Waals surface area contributed by atoms with Crippen molar-refractivity contribution in [3.05, 3.63) is 71.5 Å². The molecule has 3 rings (SSSR count). The Bertz CT molecular complexity index is 993. The second kappa shape index (κ2) is 8.39. The molecule has 28 heavy (non-hydrogen) atoms. The van der Waals surface area contributed by atoms with Crippen LogP contribution in [0.15, 0.2) is 54.7 Å². The van der Waals surface area contributed by atoms with E-state index < -0.39 is 5.91 Å². The monoisotopic (exact) mass is 378 g/mol. The van der Waals surface area contributed by atoms with E-state index in [0.717, 1.165) is 16.9 Å². The quantitative estimate of drug-likeness (QED) is 0.660. The second-order valence-electron chi connectivity index (χ2n) is 6.34. The maximum atomic E-state index is 12.8. The van der Waals surface area contributed by atoms with Crippen LogP contribution in [-0.4, -0.2) is 28.2 Å². The van der Waals surface area contributed by atoms with Gasteiger partial charge in [-0.1, -0.05) is 30.7 Å². The van der Waals surface area contributed by atoms with Crippen molar-refractivity contribution < 1.29 is 14.3 Å². The SMILES string of the molecule is CCc1c(C(=O)Nc2cccc(OCC(N)=O)c2)cnn1-c1ccc(C)cc1. The molecule has 3 N–H and O–H groups in total. The largest absolute Gasteiger partial charge is 0.484 e. The molecule has 7 nitrogen and oxygen atoms in total. The lowest BCUT2D eigenvalue weighted by molar-refractivity contribution is -0.119. The van der Waals surface area contributed by atoms with E-state index in [1.165, 1.54) is 0 Å². The fourth-order valence-corrected chi connectivity index (χ4v) is 2.83. The zero-order valence-corrected chi connectivity index (χ0v) is 15.8. The molecule has 144 valence electrons. The minimum Gasteiger partial charge on any atom is -0.484 e. The molecule has 0 aliphatic heterocycles. The minimum absolute atomic E-state index is 0.222. The third kappa shape index (κ3) is 4.37. The summed E-state index contributed by atoms with van der Waals surface area (Å²) in [5, 5.41) is 7.24. The zero-order chi connectivity index (χ0) is 20.1. The Morgan fingerprint density at radius 2 is 1.93 bits per heavy atom. The molecule has 0 spiro atoms. The predicted octanol–water partition coefficient (Wildman–Crippen LogP) is 2.86. The number of nitrogens with zero attached hydrogens (tertiary/aromatic N) is 2. The van der Waals surface area contributed by atoms with Gasteiger partial charge in [0, 0.05) is 11.8 Å². The van der Waals surface area contributed by atoms with Crippen LogP contribution in [0.1, 0.15) is 28.5 Å². The third-order valence-electron chi connectivity index (χ3n) is 4.20. The van der Waals surface area contributed by atoms with Gasteiger partial charge >= 0.3 is 0 Å². The Hall–Kier alpha value is -3.61. The standard InChI is InChI=1S/C21H22N4O3/c1-3-19-18(12-23-25(19)16-9-7-14(2)8-10-16)21(27)24-15-5-4-6-17(11-15)28-13-20(22)26/h4-12H,3,13H2,1-2H3,(H2,22,26)(H,24,27). The molecule has 0 aliphatic carbocycles. The van der Waals surface area contributed by atoms with Gasteiger partial charge in [0.1, 0.15) is 5.75 Å². The second-order valence-corrected chi connectivity index (χ2v) is 6.34. The van der Waals surface area contributed by atoms with Crippen molar-refractivity contribution in [1.82, 2.24) is 9.78 Å². The fraction of sp³-hybridized carbons (Fsp3) is 0.190. The lowest BCUT2D eigenvalue weighted by Crippen LogP contribution is -2.20. The van der Waals surface area contributed by atoms with E-state index in [2.05, 4.69) is 10.4 Å². The number of hydrogen-bond donors (Lipinski definition) is 2. The molecular formula is C21H22N4O3. The summed E-state index contributed by atoms with van der Waals surface area (Å²) >= 11 is 0. The smallest absolute Gasteiger partial charge is 0.259 e. The summed E-state index contributed by atoms with van der Waals surface area (Å²) in [7, 11) is 0. The van der Waals surface area contributed by atoms with Crippen LogP contribution in [-0.2, 0) is 11.2 Å².